The largest absolute Gasteiger partial charge is 0.449 e. The van der Waals surface area contributed by atoms with E-state index in [9.17, 15) is 19.4 Å². The van der Waals surface area contributed by atoms with Crippen LogP contribution in [0, 0.1) is 5.95 Å². The van der Waals surface area contributed by atoms with Gasteiger partial charge in [0.25, 0.3) is 0 Å². The second-order valence-electron chi connectivity index (χ2n) is 7.70. The van der Waals surface area contributed by atoms with Crippen LogP contribution in [0.15, 0.2) is 60.8 Å². The Kier molecular flexibility index (Phi) is 6.34. The highest BCUT2D eigenvalue weighted by Crippen LogP contribution is 2.44. The molecular weight excluding hydrogens is 413 g/mol. The first-order chi connectivity index (χ1) is 15.5. The van der Waals surface area contributed by atoms with Gasteiger partial charge < -0.3 is 26.0 Å². The number of ether oxygens (including phenoxy) is 1. The third-order valence-corrected chi connectivity index (χ3v) is 5.65. The van der Waals surface area contributed by atoms with Gasteiger partial charge in [0, 0.05) is 24.2 Å². The highest BCUT2D eigenvalue weighted by atomic mass is 19.1. The number of pyridine rings is 1. The SMILES string of the molecule is Nc1cc(C(O)C(O)CCNC(=O)OCC2c3ccccc3-c3ccccc32)cnc1F. The van der Waals surface area contributed by atoms with Gasteiger partial charge in [0.15, 0.2) is 0 Å². The second kappa shape index (κ2) is 9.33. The summed E-state index contributed by atoms with van der Waals surface area (Å²) < 4.78 is 18.6. The number of rotatable bonds is 7. The van der Waals surface area contributed by atoms with Crippen molar-refractivity contribution in [2.75, 3.05) is 18.9 Å². The number of amides is 1. The molecule has 1 aliphatic rings. The fraction of sp³-hybridized carbons (Fsp3) is 0.250. The smallest absolute Gasteiger partial charge is 0.407 e. The lowest BCUT2D eigenvalue weighted by molar-refractivity contribution is 0.0134. The van der Waals surface area contributed by atoms with Crippen LogP contribution in [0.1, 0.15) is 35.1 Å². The van der Waals surface area contributed by atoms with E-state index in [0.717, 1.165) is 28.5 Å². The maximum absolute atomic E-state index is 13.2. The van der Waals surface area contributed by atoms with Crippen molar-refractivity contribution < 1.29 is 24.1 Å². The van der Waals surface area contributed by atoms with Crippen molar-refractivity contribution in [2.45, 2.75) is 24.5 Å². The highest BCUT2D eigenvalue weighted by molar-refractivity contribution is 5.79. The molecule has 1 heterocycles. The fourth-order valence-corrected chi connectivity index (χ4v) is 4.00. The van der Waals surface area contributed by atoms with Crippen molar-refractivity contribution in [1.29, 1.82) is 0 Å². The molecule has 0 fully saturated rings. The molecule has 32 heavy (non-hydrogen) atoms. The van der Waals surface area contributed by atoms with E-state index in [2.05, 4.69) is 22.4 Å². The zero-order valence-corrected chi connectivity index (χ0v) is 17.2. The van der Waals surface area contributed by atoms with Gasteiger partial charge in [-0.05, 0) is 34.7 Å². The number of aliphatic hydroxyl groups excluding tert-OH is 2. The molecule has 2 atom stereocenters. The standard InChI is InChI=1S/C24H24FN3O4/c25-23-20(26)11-14(12-28-23)22(30)21(29)9-10-27-24(31)32-13-19-17-7-3-1-5-15(17)16-6-2-4-8-18(16)19/h1-8,11-12,19,21-22,29-30H,9-10,13,26H2,(H,27,31). The van der Waals surface area contributed by atoms with Crippen molar-refractivity contribution >= 4 is 11.8 Å². The zero-order valence-electron chi connectivity index (χ0n) is 17.2. The van der Waals surface area contributed by atoms with Crippen molar-refractivity contribution in [2.24, 2.45) is 0 Å². The van der Waals surface area contributed by atoms with Gasteiger partial charge in [0.05, 0.1) is 11.8 Å². The van der Waals surface area contributed by atoms with Crippen LogP contribution in [0.3, 0.4) is 0 Å². The van der Waals surface area contributed by atoms with Crippen LogP contribution in [0.5, 0.6) is 0 Å². The number of carbonyl (C=O) groups is 1. The van der Waals surface area contributed by atoms with Gasteiger partial charge in [-0.3, -0.25) is 0 Å². The molecule has 0 aliphatic heterocycles. The molecule has 2 unspecified atom stereocenters. The zero-order chi connectivity index (χ0) is 22.7. The summed E-state index contributed by atoms with van der Waals surface area (Å²) in [5.41, 5.74) is 9.94. The van der Waals surface area contributed by atoms with Crippen LogP contribution < -0.4 is 11.1 Å². The molecule has 2 aromatic carbocycles. The number of nitrogens with zero attached hydrogens (tertiary/aromatic N) is 1. The molecule has 1 aromatic heterocycles. The molecule has 0 saturated carbocycles. The number of hydrogen-bond donors (Lipinski definition) is 4. The number of nitrogens with one attached hydrogen (secondary N) is 1. The van der Waals surface area contributed by atoms with E-state index in [1.54, 1.807) is 0 Å². The van der Waals surface area contributed by atoms with Gasteiger partial charge in [0.1, 0.15) is 12.7 Å². The molecule has 4 rings (SSSR count). The average Bonchev–Trinajstić information content (AvgIpc) is 3.12. The Morgan fingerprint density at radius 3 is 2.38 bits per heavy atom. The number of anilines is 1. The molecule has 3 aromatic rings. The Morgan fingerprint density at radius 1 is 1.12 bits per heavy atom. The summed E-state index contributed by atoms with van der Waals surface area (Å²) in [6.45, 7) is 0.268. The van der Waals surface area contributed by atoms with E-state index in [0.29, 0.717) is 0 Å². The second-order valence-corrected chi connectivity index (χ2v) is 7.70. The topological polar surface area (TPSA) is 118 Å². The fourth-order valence-electron chi connectivity index (χ4n) is 4.00. The summed E-state index contributed by atoms with van der Waals surface area (Å²) in [4.78, 5) is 15.6. The number of hydrogen-bond acceptors (Lipinski definition) is 6. The van der Waals surface area contributed by atoms with E-state index in [4.69, 9.17) is 10.5 Å². The van der Waals surface area contributed by atoms with Gasteiger partial charge in [-0.1, -0.05) is 48.5 Å². The van der Waals surface area contributed by atoms with Crippen LogP contribution in [0.25, 0.3) is 11.1 Å². The van der Waals surface area contributed by atoms with Crippen LogP contribution >= 0.6 is 0 Å². The number of fused-ring (bicyclic) bond motifs is 3. The lowest BCUT2D eigenvalue weighted by atomic mass is 9.98. The number of aliphatic hydroxyl groups is 2. The van der Waals surface area contributed by atoms with E-state index in [1.165, 1.54) is 6.07 Å². The molecule has 166 valence electrons. The first-order valence-corrected chi connectivity index (χ1v) is 10.3. The summed E-state index contributed by atoms with van der Waals surface area (Å²) in [7, 11) is 0. The Morgan fingerprint density at radius 2 is 1.75 bits per heavy atom. The third kappa shape index (κ3) is 4.42. The number of halogens is 1. The maximum atomic E-state index is 13.2. The molecule has 0 saturated heterocycles. The predicted molar refractivity (Wildman–Crippen MR) is 117 cm³/mol. The van der Waals surface area contributed by atoms with Gasteiger partial charge in [0.2, 0.25) is 5.95 Å². The first-order valence-electron chi connectivity index (χ1n) is 10.3. The number of alkyl carbamates (subject to hydrolysis) is 1. The number of nitrogen functional groups attached to an aromatic ring is 1. The minimum Gasteiger partial charge on any atom is -0.449 e. The normalized spacial score (nSPS) is 14.3. The van der Waals surface area contributed by atoms with Gasteiger partial charge in [-0.25, -0.2) is 9.78 Å². The molecule has 1 aliphatic carbocycles. The molecule has 0 radical (unpaired) electrons. The van der Waals surface area contributed by atoms with Crippen LogP contribution in [-0.2, 0) is 4.74 Å². The van der Waals surface area contributed by atoms with Gasteiger partial charge in [-0.15, -0.1) is 0 Å². The summed E-state index contributed by atoms with van der Waals surface area (Å²) in [6.07, 6.45) is -1.95. The van der Waals surface area contributed by atoms with E-state index < -0.39 is 24.2 Å². The van der Waals surface area contributed by atoms with Crippen LogP contribution in [0.4, 0.5) is 14.9 Å². The van der Waals surface area contributed by atoms with Gasteiger partial charge in [-0.2, -0.15) is 4.39 Å². The summed E-state index contributed by atoms with van der Waals surface area (Å²) >= 11 is 0. The number of benzene rings is 2. The quantitative estimate of drug-likeness (QED) is 0.422. The number of nitrogens with two attached hydrogens (primary N) is 1. The predicted octanol–water partition coefficient (Wildman–Crippen LogP) is 3.13. The third-order valence-electron chi connectivity index (χ3n) is 5.65. The maximum Gasteiger partial charge on any atom is 0.407 e. The molecule has 0 bridgehead atoms. The summed E-state index contributed by atoms with van der Waals surface area (Å²) in [5, 5.41) is 22.9. The monoisotopic (exact) mass is 437 g/mol. The summed E-state index contributed by atoms with van der Waals surface area (Å²) in [5.74, 6) is -0.885. The van der Waals surface area contributed by atoms with Gasteiger partial charge >= 0.3 is 6.09 Å². The molecule has 7 nitrogen and oxygen atoms in total. The van der Waals surface area contributed by atoms with Crippen LogP contribution in [0.2, 0.25) is 0 Å². The minimum absolute atomic E-state index is 0.0444. The average molecular weight is 437 g/mol. The van der Waals surface area contributed by atoms with Crippen LogP contribution in [-0.4, -0.2) is 40.5 Å². The number of aromatic nitrogens is 1. The van der Waals surface area contributed by atoms with E-state index in [-0.39, 0.29) is 36.7 Å². The molecule has 0 spiro atoms. The molecule has 5 N–H and O–H groups in total. The van der Waals surface area contributed by atoms with Crippen molar-refractivity contribution in [3.63, 3.8) is 0 Å². The molecular formula is C24H24FN3O4. The highest BCUT2D eigenvalue weighted by Gasteiger charge is 2.29. The van der Waals surface area contributed by atoms with Crippen molar-refractivity contribution in [3.05, 3.63) is 83.4 Å². The van der Waals surface area contributed by atoms with Crippen molar-refractivity contribution in [1.82, 2.24) is 10.3 Å². The lowest BCUT2D eigenvalue weighted by Gasteiger charge is -2.19. The van der Waals surface area contributed by atoms with E-state index >= 15 is 0 Å². The lowest BCUT2D eigenvalue weighted by Crippen LogP contribution is -2.30. The Hall–Kier alpha value is -3.49. The van der Waals surface area contributed by atoms with E-state index in [1.807, 2.05) is 36.4 Å². The number of carbonyl (C=O) groups excluding carboxylic acids is 1. The summed E-state index contributed by atoms with van der Waals surface area (Å²) in [6, 6.07) is 17.3. The first kappa shape index (κ1) is 21.7. The van der Waals surface area contributed by atoms with Crippen molar-refractivity contribution in [3.8, 4) is 11.1 Å². The minimum atomic E-state index is -1.31. The Balaban J connectivity index is 1.28. The Bertz CT molecular complexity index is 1080. The molecule has 1 amide bonds. The molecule has 8 heteroatoms. The Labute approximate surface area is 184 Å².